The molecule has 2 N–H and O–H groups in total. The highest BCUT2D eigenvalue weighted by Crippen LogP contribution is 2.13. The number of nitriles is 1. The van der Waals surface area contributed by atoms with Crippen LogP contribution in [0.1, 0.15) is 21.7 Å². The van der Waals surface area contributed by atoms with Crippen molar-refractivity contribution in [2.75, 3.05) is 0 Å². The first-order chi connectivity index (χ1) is 13.7. The first kappa shape index (κ1) is 17.2. The minimum Gasteiger partial charge on any atom is -0.345 e. The maximum Gasteiger partial charge on any atom is 0.262 e. The van der Waals surface area contributed by atoms with Crippen LogP contribution in [0.25, 0.3) is 16.7 Å². The Hall–Kier alpha value is -4.25. The van der Waals surface area contributed by atoms with E-state index in [1.807, 2.05) is 36.4 Å². The summed E-state index contributed by atoms with van der Waals surface area (Å²) in [5.41, 5.74) is 1.76. The molecule has 4 rings (SSSR count). The predicted octanol–water partition coefficient (Wildman–Crippen LogP) is 1.91. The van der Waals surface area contributed by atoms with Crippen molar-refractivity contribution in [3.63, 3.8) is 0 Å². The normalized spacial score (nSPS) is 10.5. The second-order valence-electron chi connectivity index (χ2n) is 6.01. The fourth-order valence-corrected chi connectivity index (χ4v) is 2.77. The zero-order chi connectivity index (χ0) is 19.5. The number of para-hydroxylation sites is 1. The number of hydrogen-bond donors (Lipinski definition) is 2. The Bertz CT molecular complexity index is 1250. The number of amides is 1. The molecule has 0 saturated heterocycles. The maximum atomic E-state index is 12.3. The third-order valence-corrected chi connectivity index (χ3v) is 4.18. The first-order valence-electron chi connectivity index (χ1n) is 8.46. The summed E-state index contributed by atoms with van der Waals surface area (Å²) in [6.45, 7) is 0.0456. The highest BCUT2D eigenvalue weighted by molar-refractivity contribution is 5.94. The molecule has 0 atom stereocenters. The first-order valence-corrected chi connectivity index (χ1v) is 8.46. The van der Waals surface area contributed by atoms with E-state index < -0.39 is 0 Å². The van der Waals surface area contributed by atoms with Gasteiger partial charge in [-0.3, -0.25) is 9.59 Å². The lowest BCUT2D eigenvalue weighted by Gasteiger charge is -2.06. The summed E-state index contributed by atoms with van der Waals surface area (Å²) in [4.78, 5) is 31.7. The number of fused-ring (bicyclic) bond motifs is 1. The average molecular weight is 370 g/mol. The topological polar surface area (TPSA) is 116 Å². The molecule has 0 aliphatic carbocycles. The van der Waals surface area contributed by atoms with Crippen LogP contribution in [0.15, 0.2) is 65.6 Å². The Labute approximate surface area is 159 Å². The Kier molecular flexibility index (Phi) is 4.40. The third kappa shape index (κ3) is 3.24. The van der Waals surface area contributed by atoms with Gasteiger partial charge in [-0.25, -0.2) is 9.67 Å². The molecule has 0 unspecified atom stereocenters. The minimum absolute atomic E-state index is 0.0456. The van der Waals surface area contributed by atoms with E-state index in [-0.39, 0.29) is 18.0 Å². The summed E-state index contributed by atoms with van der Waals surface area (Å²) in [6.07, 6.45) is 1.47. The Balaban J connectivity index is 1.60. The molecule has 4 aromatic rings. The second-order valence-corrected chi connectivity index (χ2v) is 6.01. The molecule has 8 heteroatoms. The number of aromatic nitrogens is 4. The molecule has 1 amide bonds. The van der Waals surface area contributed by atoms with Crippen LogP contribution in [0.3, 0.4) is 0 Å². The van der Waals surface area contributed by atoms with Crippen LogP contribution < -0.4 is 10.9 Å². The number of benzene rings is 2. The molecule has 0 spiro atoms. The lowest BCUT2D eigenvalue weighted by molar-refractivity contribution is 0.0950. The molecule has 0 aliphatic heterocycles. The van der Waals surface area contributed by atoms with Gasteiger partial charge in [0, 0.05) is 5.56 Å². The molecular weight excluding hydrogens is 356 g/mol. The quantitative estimate of drug-likeness (QED) is 0.569. The number of carbonyl (C=O) groups excluding carboxylic acids is 1. The van der Waals surface area contributed by atoms with Crippen molar-refractivity contribution in [2.45, 2.75) is 6.54 Å². The molecule has 0 fully saturated rings. The Morgan fingerprint density at radius 3 is 2.61 bits per heavy atom. The van der Waals surface area contributed by atoms with Crippen LogP contribution in [-0.2, 0) is 6.54 Å². The van der Waals surface area contributed by atoms with Crippen molar-refractivity contribution in [3.05, 3.63) is 88.1 Å². The number of nitrogens with zero attached hydrogens (tertiary/aromatic N) is 4. The van der Waals surface area contributed by atoms with E-state index in [2.05, 4.69) is 20.4 Å². The lowest BCUT2D eigenvalue weighted by atomic mass is 10.1. The van der Waals surface area contributed by atoms with Crippen LogP contribution in [0.4, 0.5) is 0 Å². The molecule has 2 aromatic carbocycles. The molecule has 8 nitrogen and oxygen atoms in total. The van der Waals surface area contributed by atoms with Crippen LogP contribution in [0.2, 0.25) is 0 Å². The van der Waals surface area contributed by atoms with Gasteiger partial charge in [-0.15, -0.1) is 0 Å². The molecular formula is C20H14N6O2. The van der Waals surface area contributed by atoms with E-state index >= 15 is 0 Å². The van der Waals surface area contributed by atoms with Crippen molar-refractivity contribution < 1.29 is 4.79 Å². The lowest BCUT2D eigenvalue weighted by Crippen LogP contribution is -2.25. The molecule has 2 aromatic heterocycles. The van der Waals surface area contributed by atoms with Gasteiger partial charge in [0.1, 0.15) is 11.2 Å². The Morgan fingerprint density at radius 2 is 1.89 bits per heavy atom. The van der Waals surface area contributed by atoms with Gasteiger partial charge in [0.25, 0.3) is 11.5 Å². The molecule has 2 heterocycles. The Morgan fingerprint density at radius 1 is 1.14 bits per heavy atom. The van der Waals surface area contributed by atoms with E-state index in [1.165, 1.54) is 6.20 Å². The number of H-pyrrole nitrogens is 1. The van der Waals surface area contributed by atoms with Crippen molar-refractivity contribution in [3.8, 4) is 11.8 Å². The largest absolute Gasteiger partial charge is 0.345 e. The summed E-state index contributed by atoms with van der Waals surface area (Å²) in [5, 5.41) is 16.1. The van der Waals surface area contributed by atoms with Gasteiger partial charge in [-0.1, -0.05) is 18.2 Å². The van der Waals surface area contributed by atoms with Crippen molar-refractivity contribution in [2.24, 2.45) is 0 Å². The van der Waals surface area contributed by atoms with Gasteiger partial charge in [0.15, 0.2) is 5.65 Å². The summed E-state index contributed by atoms with van der Waals surface area (Å²) in [7, 11) is 0. The van der Waals surface area contributed by atoms with E-state index in [0.717, 1.165) is 5.69 Å². The number of carbonyl (C=O) groups is 1. The summed E-state index contributed by atoms with van der Waals surface area (Å²) >= 11 is 0. The van der Waals surface area contributed by atoms with Crippen molar-refractivity contribution >= 4 is 16.9 Å². The molecule has 0 bridgehead atoms. The molecule has 28 heavy (non-hydrogen) atoms. The maximum absolute atomic E-state index is 12.3. The van der Waals surface area contributed by atoms with Crippen LogP contribution in [-0.4, -0.2) is 25.7 Å². The van der Waals surface area contributed by atoms with Gasteiger partial charge >= 0.3 is 0 Å². The summed E-state index contributed by atoms with van der Waals surface area (Å²) < 4.78 is 1.58. The fourth-order valence-electron chi connectivity index (χ4n) is 2.77. The molecule has 136 valence electrons. The standard InChI is InChI=1S/C20H14N6O2/c21-10-13-6-8-14(9-7-13)19(27)22-12-17-24-18-16(20(28)25-17)11-23-26(18)15-4-2-1-3-5-15/h1-9,11H,12H2,(H,22,27)(H,24,25,28). The predicted molar refractivity (Wildman–Crippen MR) is 102 cm³/mol. The number of nitrogens with one attached hydrogen (secondary N) is 2. The number of rotatable bonds is 4. The van der Waals surface area contributed by atoms with E-state index in [1.54, 1.807) is 28.9 Å². The average Bonchev–Trinajstić information content (AvgIpc) is 3.17. The zero-order valence-corrected chi connectivity index (χ0v) is 14.6. The van der Waals surface area contributed by atoms with Crippen molar-refractivity contribution in [1.29, 1.82) is 5.26 Å². The van der Waals surface area contributed by atoms with Crippen LogP contribution >= 0.6 is 0 Å². The van der Waals surface area contributed by atoms with Crippen LogP contribution in [0, 0.1) is 11.3 Å². The monoisotopic (exact) mass is 370 g/mol. The second kappa shape index (κ2) is 7.17. The van der Waals surface area contributed by atoms with Gasteiger partial charge in [-0.2, -0.15) is 10.4 Å². The van der Waals surface area contributed by atoms with Gasteiger partial charge < -0.3 is 10.3 Å². The molecule has 0 aliphatic rings. The summed E-state index contributed by atoms with van der Waals surface area (Å²) in [6, 6.07) is 17.6. The third-order valence-electron chi connectivity index (χ3n) is 4.18. The number of aromatic amines is 1. The van der Waals surface area contributed by atoms with Crippen molar-refractivity contribution in [1.82, 2.24) is 25.1 Å². The SMILES string of the molecule is N#Cc1ccc(C(=O)NCc2nc3c(cnn3-c3ccccc3)c(=O)[nH]2)cc1. The smallest absolute Gasteiger partial charge is 0.262 e. The van der Waals surface area contributed by atoms with E-state index in [4.69, 9.17) is 5.26 Å². The highest BCUT2D eigenvalue weighted by Gasteiger charge is 2.12. The van der Waals surface area contributed by atoms with E-state index in [0.29, 0.717) is 28.0 Å². The van der Waals surface area contributed by atoms with Gasteiger partial charge in [-0.05, 0) is 36.4 Å². The van der Waals surface area contributed by atoms with E-state index in [9.17, 15) is 9.59 Å². The van der Waals surface area contributed by atoms with Crippen LogP contribution in [0.5, 0.6) is 0 Å². The molecule has 0 radical (unpaired) electrons. The van der Waals surface area contributed by atoms with Gasteiger partial charge in [0.05, 0.1) is 30.1 Å². The minimum atomic E-state index is -0.330. The fraction of sp³-hybridized carbons (Fsp3) is 0.0500. The highest BCUT2D eigenvalue weighted by atomic mass is 16.1. The number of hydrogen-bond acceptors (Lipinski definition) is 5. The summed E-state index contributed by atoms with van der Waals surface area (Å²) in [5.74, 6) is -0.0130. The zero-order valence-electron chi connectivity index (χ0n) is 14.6. The molecule has 0 saturated carbocycles. The van der Waals surface area contributed by atoms with Gasteiger partial charge in [0.2, 0.25) is 0 Å².